The fourth-order valence-corrected chi connectivity index (χ4v) is 2.14. The number of alkyl halides is 2. The van der Waals surface area contributed by atoms with E-state index in [-0.39, 0.29) is 18.8 Å². The molecule has 2 nitrogen and oxygen atoms in total. The second-order valence-corrected chi connectivity index (χ2v) is 4.23. The highest BCUT2D eigenvalue weighted by atomic mass is 19.3. The molecule has 1 heterocycles. The van der Waals surface area contributed by atoms with E-state index >= 15 is 0 Å². The molecular formula is C12H12F2N2. The van der Waals surface area contributed by atoms with E-state index in [1.54, 1.807) is 12.1 Å². The molecule has 2 rings (SSSR count). The lowest BCUT2D eigenvalue weighted by atomic mass is 9.84. The zero-order valence-corrected chi connectivity index (χ0v) is 8.79. The lowest BCUT2D eigenvalue weighted by molar-refractivity contribution is -0.0412. The minimum atomic E-state index is -2.56. The van der Waals surface area contributed by atoms with Crippen LogP contribution < -0.4 is 0 Å². The van der Waals surface area contributed by atoms with E-state index in [0.29, 0.717) is 17.7 Å². The Morgan fingerprint density at radius 1 is 1.44 bits per heavy atom. The Bertz CT molecular complexity index is 406. The van der Waals surface area contributed by atoms with Crippen molar-refractivity contribution in [3.8, 4) is 6.07 Å². The van der Waals surface area contributed by atoms with Crippen molar-refractivity contribution in [2.24, 2.45) is 0 Å². The Balaban J connectivity index is 2.15. The molecule has 0 aliphatic heterocycles. The van der Waals surface area contributed by atoms with Crippen molar-refractivity contribution < 1.29 is 8.78 Å². The molecule has 16 heavy (non-hydrogen) atoms. The third-order valence-electron chi connectivity index (χ3n) is 2.97. The van der Waals surface area contributed by atoms with Gasteiger partial charge in [0.2, 0.25) is 5.92 Å². The summed E-state index contributed by atoms with van der Waals surface area (Å²) in [4.78, 5) is 4.08. The first-order valence-electron chi connectivity index (χ1n) is 5.35. The van der Waals surface area contributed by atoms with Crippen molar-refractivity contribution in [3.05, 3.63) is 29.6 Å². The van der Waals surface area contributed by atoms with Crippen molar-refractivity contribution in [1.29, 1.82) is 5.26 Å². The van der Waals surface area contributed by atoms with Gasteiger partial charge in [-0.05, 0) is 25.0 Å². The van der Waals surface area contributed by atoms with Crippen LogP contribution in [0, 0.1) is 11.3 Å². The van der Waals surface area contributed by atoms with E-state index in [1.165, 1.54) is 6.20 Å². The van der Waals surface area contributed by atoms with E-state index in [0.717, 1.165) is 6.42 Å². The topological polar surface area (TPSA) is 36.7 Å². The molecule has 1 unspecified atom stereocenters. The van der Waals surface area contributed by atoms with Crippen LogP contribution in [0.1, 0.15) is 42.9 Å². The van der Waals surface area contributed by atoms with Gasteiger partial charge in [-0.2, -0.15) is 5.26 Å². The van der Waals surface area contributed by atoms with E-state index in [1.807, 2.05) is 6.07 Å². The lowest BCUT2D eigenvalue weighted by Gasteiger charge is -2.28. The molecule has 0 radical (unpaired) electrons. The summed E-state index contributed by atoms with van der Waals surface area (Å²) in [6.45, 7) is 0. The minimum absolute atomic E-state index is 0.0141. The molecule has 1 aromatic rings. The van der Waals surface area contributed by atoms with Gasteiger partial charge in [0, 0.05) is 30.7 Å². The summed E-state index contributed by atoms with van der Waals surface area (Å²) >= 11 is 0. The van der Waals surface area contributed by atoms with Gasteiger partial charge < -0.3 is 0 Å². The Hall–Kier alpha value is -1.50. The van der Waals surface area contributed by atoms with E-state index in [2.05, 4.69) is 4.98 Å². The average molecular weight is 222 g/mol. The zero-order chi connectivity index (χ0) is 11.6. The first-order valence-corrected chi connectivity index (χ1v) is 5.35. The summed E-state index contributed by atoms with van der Waals surface area (Å²) in [5, 5.41) is 8.61. The van der Waals surface area contributed by atoms with Crippen LogP contribution >= 0.6 is 0 Å². The smallest absolute Gasteiger partial charge is 0.248 e. The molecule has 0 aromatic carbocycles. The molecule has 1 atom stereocenters. The first kappa shape index (κ1) is 11.0. The molecule has 4 heteroatoms. The van der Waals surface area contributed by atoms with Gasteiger partial charge in [0.05, 0.1) is 5.56 Å². The Kier molecular flexibility index (Phi) is 2.86. The summed E-state index contributed by atoms with van der Waals surface area (Å²) in [5.41, 5.74) is 1.14. The van der Waals surface area contributed by atoms with Gasteiger partial charge in [-0.15, -0.1) is 0 Å². The molecule has 1 aliphatic carbocycles. The maximum absolute atomic E-state index is 13.2. The molecule has 1 saturated carbocycles. The van der Waals surface area contributed by atoms with Crippen molar-refractivity contribution in [2.75, 3.05) is 0 Å². The van der Waals surface area contributed by atoms with E-state index in [9.17, 15) is 8.78 Å². The third kappa shape index (κ3) is 2.35. The van der Waals surface area contributed by atoms with Gasteiger partial charge in [0.25, 0.3) is 0 Å². The van der Waals surface area contributed by atoms with Crippen LogP contribution in [-0.2, 0) is 0 Å². The average Bonchev–Trinajstić information content (AvgIpc) is 2.28. The van der Waals surface area contributed by atoms with Gasteiger partial charge in [-0.1, -0.05) is 0 Å². The number of nitriles is 1. The first-order chi connectivity index (χ1) is 7.61. The summed E-state index contributed by atoms with van der Waals surface area (Å²) in [6.07, 6.45) is 2.61. The minimum Gasteiger partial charge on any atom is -0.260 e. The highest BCUT2D eigenvalue weighted by molar-refractivity contribution is 5.27. The van der Waals surface area contributed by atoms with Gasteiger partial charge in [0.1, 0.15) is 6.07 Å². The fourth-order valence-electron chi connectivity index (χ4n) is 2.14. The number of hydrogen-bond donors (Lipinski definition) is 0. The standard InChI is InChI=1S/C12H12F2N2/c13-12(14)5-1-2-10(6-12)11-4-3-9(7-15)8-16-11/h3-4,8,10H,1-2,5-6H2. The fraction of sp³-hybridized carbons (Fsp3) is 0.500. The number of aromatic nitrogens is 1. The van der Waals surface area contributed by atoms with Crippen molar-refractivity contribution >= 4 is 0 Å². The maximum Gasteiger partial charge on any atom is 0.248 e. The van der Waals surface area contributed by atoms with Gasteiger partial charge in [-0.25, -0.2) is 8.78 Å². The van der Waals surface area contributed by atoms with E-state index in [4.69, 9.17) is 5.26 Å². The van der Waals surface area contributed by atoms with Gasteiger partial charge in [0.15, 0.2) is 0 Å². The quantitative estimate of drug-likeness (QED) is 0.731. The number of halogens is 2. The predicted molar refractivity (Wildman–Crippen MR) is 55.1 cm³/mol. The molecule has 0 N–H and O–H groups in total. The number of nitrogens with zero attached hydrogens (tertiary/aromatic N) is 2. The highest BCUT2D eigenvalue weighted by Gasteiger charge is 2.37. The molecule has 1 aromatic heterocycles. The summed E-state index contributed by atoms with van der Waals surface area (Å²) in [6, 6.07) is 5.28. The Labute approximate surface area is 92.9 Å². The van der Waals surface area contributed by atoms with Crippen molar-refractivity contribution in [1.82, 2.24) is 4.98 Å². The van der Waals surface area contributed by atoms with E-state index < -0.39 is 5.92 Å². The van der Waals surface area contributed by atoms with Crippen LogP contribution in [0.15, 0.2) is 18.3 Å². The van der Waals surface area contributed by atoms with Crippen molar-refractivity contribution in [3.63, 3.8) is 0 Å². The highest BCUT2D eigenvalue weighted by Crippen LogP contribution is 2.40. The van der Waals surface area contributed by atoms with Crippen LogP contribution in [-0.4, -0.2) is 10.9 Å². The second-order valence-electron chi connectivity index (χ2n) is 4.23. The van der Waals surface area contributed by atoms with Gasteiger partial charge in [-0.3, -0.25) is 4.98 Å². The zero-order valence-electron chi connectivity index (χ0n) is 8.79. The van der Waals surface area contributed by atoms with Crippen LogP contribution in [0.3, 0.4) is 0 Å². The largest absolute Gasteiger partial charge is 0.260 e. The summed E-state index contributed by atoms with van der Waals surface area (Å²) in [7, 11) is 0. The number of pyridine rings is 1. The third-order valence-corrected chi connectivity index (χ3v) is 2.97. The summed E-state index contributed by atoms with van der Waals surface area (Å²) in [5.74, 6) is -2.73. The lowest BCUT2D eigenvalue weighted by Crippen LogP contribution is -2.25. The Morgan fingerprint density at radius 2 is 2.25 bits per heavy atom. The monoisotopic (exact) mass is 222 g/mol. The molecule has 0 bridgehead atoms. The van der Waals surface area contributed by atoms with Crippen LogP contribution in [0.5, 0.6) is 0 Å². The van der Waals surface area contributed by atoms with Gasteiger partial charge >= 0.3 is 0 Å². The molecule has 84 valence electrons. The van der Waals surface area contributed by atoms with Crippen LogP contribution in [0.4, 0.5) is 8.78 Å². The summed E-state index contributed by atoms with van der Waals surface area (Å²) < 4.78 is 26.4. The van der Waals surface area contributed by atoms with Crippen LogP contribution in [0.2, 0.25) is 0 Å². The molecule has 0 saturated heterocycles. The molecule has 1 fully saturated rings. The maximum atomic E-state index is 13.2. The Morgan fingerprint density at radius 3 is 2.81 bits per heavy atom. The molecular weight excluding hydrogens is 210 g/mol. The SMILES string of the molecule is N#Cc1ccc(C2CCCC(F)(F)C2)nc1. The molecule has 0 amide bonds. The molecule has 1 aliphatic rings. The molecule has 0 spiro atoms. The number of rotatable bonds is 1. The predicted octanol–water partition coefficient (Wildman–Crippen LogP) is 3.25. The second kappa shape index (κ2) is 4.17. The van der Waals surface area contributed by atoms with Crippen LogP contribution in [0.25, 0.3) is 0 Å². The van der Waals surface area contributed by atoms with Crippen molar-refractivity contribution in [2.45, 2.75) is 37.5 Å². The normalized spacial score (nSPS) is 23.7. The number of hydrogen-bond acceptors (Lipinski definition) is 2.